The molecule has 106 valence electrons. The highest BCUT2D eigenvalue weighted by Gasteiger charge is 2.40. The van der Waals surface area contributed by atoms with E-state index in [4.69, 9.17) is 10.8 Å². The number of anilines is 2. The molecule has 0 spiro atoms. The van der Waals surface area contributed by atoms with Crippen molar-refractivity contribution in [3.05, 3.63) is 23.8 Å². The van der Waals surface area contributed by atoms with Crippen molar-refractivity contribution in [2.75, 3.05) is 23.7 Å². The summed E-state index contributed by atoms with van der Waals surface area (Å²) >= 11 is 0. The van der Waals surface area contributed by atoms with Crippen LogP contribution in [0.2, 0.25) is 0 Å². The third kappa shape index (κ3) is 1.97. The predicted octanol–water partition coefficient (Wildman–Crippen LogP) is 0.682. The Hall–Kier alpha value is -2.24. The van der Waals surface area contributed by atoms with Crippen molar-refractivity contribution in [1.82, 2.24) is 5.32 Å². The summed E-state index contributed by atoms with van der Waals surface area (Å²) in [6, 6.07) is 5.16. The molecule has 6 heteroatoms. The molecule has 0 bridgehead atoms. The van der Waals surface area contributed by atoms with Crippen LogP contribution in [0.15, 0.2) is 18.2 Å². The summed E-state index contributed by atoms with van der Waals surface area (Å²) in [4.78, 5) is 25.1. The molecule has 2 aliphatic heterocycles. The number of rotatable bonds is 2. The van der Waals surface area contributed by atoms with Crippen molar-refractivity contribution in [1.29, 1.82) is 0 Å². The van der Waals surface area contributed by atoms with Crippen molar-refractivity contribution < 1.29 is 14.7 Å². The van der Waals surface area contributed by atoms with Gasteiger partial charge in [-0.15, -0.1) is 0 Å². The van der Waals surface area contributed by atoms with E-state index in [1.54, 1.807) is 12.1 Å². The second-order valence-electron chi connectivity index (χ2n) is 5.33. The maximum Gasteiger partial charge on any atom is 0.337 e. The lowest BCUT2D eigenvalue weighted by atomic mass is 9.91. The van der Waals surface area contributed by atoms with Crippen molar-refractivity contribution in [3.63, 3.8) is 0 Å². The molecule has 2 atom stereocenters. The van der Waals surface area contributed by atoms with Gasteiger partial charge in [-0.05, 0) is 31.0 Å². The Kier molecular flexibility index (Phi) is 3.00. The smallest absolute Gasteiger partial charge is 0.337 e. The van der Waals surface area contributed by atoms with Gasteiger partial charge in [0, 0.05) is 24.5 Å². The first-order valence-electron chi connectivity index (χ1n) is 6.75. The van der Waals surface area contributed by atoms with Gasteiger partial charge in [0.25, 0.3) is 0 Å². The van der Waals surface area contributed by atoms with Crippen LogP contribution in [0, 0.1) is 5.92 Å². The van der Waals surface area contributed by atoms with Crippen molar-refractivity contribution >= 4 is 23.3 Å². The van der Waals surface area contributed by atoms with Gasteiger partial charge < -0.3 is 21.1 Å². The van der Waals surface area contributed by atoms with E-state index in [2.05, 4.69) is 10.2 Å². The van der Waals surface area contributed by atoms with E-state index in [0.717, 1.165) is 25.1 Å². The minimum atomic E-state index is -1.03. The van der Waals surface area contributed by atoms with E-state index in [-0.39, 0.29) is 29.1 Å². The molecule has 2 unspecified atom stereocenters. The number of carboxylic acids is 1. The second kappa shape index (κ2) is 4.70. The lowest BCUT2D eigenvalue weighted by Crippen LogP contribution is -2.45. The van der Waals surface area contributed by atoms with Crippen molar-refractivity contribution in [3.8, 4) is 0 Å². The zero-order valence-electron chi connectivity index (χ0n) is 11.0. The fourth-order valence-corrected chi connectivity index (χ4v) is 3.18. The summed E-state index contributed by atoms with van der Waals surface area (Å²) in [7, 11) is 0. The van der Waals surface area contributed by atoms with Crippen LogP contribution in [0.5, 0.6) is 0 Å². The van der Waals surface area contributed by atoms with Crippen LogP contribution in [-0.2, 0) is 4.79 Å². The summed E-state index contributed by atoms with van der Waals surface area (Å²) < 4.78 is 0. The molecule has 1 aromatic carbocycles. The standard InChI is InChI=1S/C14H17N3O3/c15-11-4-3-8(6-10(11)14(19)20)17-5-1-2-9-12(17)7-16-13(9)18/h3-4,6,9,12H,1-2,5,7,15H2,(H,16,18)(H,19,20). The number of amides is 1. The molecule has 3 rings (SSSR count). The number of nitrogens with one attached hydrogen (secondary N) is 1. The minimum absolute atomic E-state index is 0.00887. The maximum absolute atomic E-state index is 11.8. The van der Waals surface area contributed by atoms with Gasteiger partial charge in [-0.1, -0.05) is 0 Å². The SMILES string of the molecule is Nc1ccc(N2CCCC3C(=O)NCC32)cc1C(=O)O. The summed E-state index contributed by atoms with van der Waals surface area (Å²) in [5.74, 6) is -0.915. The van der Waals surface area contributed by atoms with E-state index in [1.165, 1.54) is 0 Å². The summed E-state index contributed by atoms with van der Waals surface area (Å²) in [5.41, 5.74) is 6.88. The quantitative estimate of drug-likeness (QED) is 0.690. The van der Waals surface area contributed by atoms with E-state index in [9.17, 15) is 9.59 Å². The number of nitrogens with two attached hydrogens (primary N) is 1. The molecular formula is C14H17N3O3. The monoisotopic (exact) mass is 275 g/mol. The number of carboxylic acid groups (broad SMARTS) is 1. The largest absolute Gasteiger partial charge is 0.478 e. The van der Waals surface area contributed by atoms with Gasteiger partial charge >= 0.3 is 5.97 Å². The van der Waals surface area contributed by atoms with Gasteiger partial charge in [-0.25, -0.2) is 4.79 Å². The van der Waals surface area contributed by atoms with Crippen LogP contribution in [0.25, 0.3) is 0 Å². The van der Waals surface area contributed by atoms with E-state index in [1.807, 2.05) is 6.07 Å². The highest BCUT2D eigenvalue weighted by atomic mass is 16.4. The summed E-state index contributed by atoms with van der Waals surface area (Å²) in [6.07, 6.45) is 1.83. The summed E-state index contributed by atoms with van der Waals surface area (Å²) in [5, 5.41) is 12.0. The van der Waals surface area contributed by atoms with Crippen LogP contribution in [-0.4, -0.2) is 36.1 Å². The number of piperidine rings is 1. The molecule has 0 radical (unpaired) electrons. The van der Waals surface area contributed by atoms with Gasteiger partial charge in [0.1, 0.15) is 0 Å². The Labute approximate surface area is 116 Å². The molecule has 4 N–H and O–H groups in total. The van der Waals surface area contributed by atoms with Crippen LogP contribution in [0.4, 0.5) is 11.4 Å². The number of hydrogen-bond donors (Lipinski definition) is 3. The average Bonchev–Trinajstić information content (AvgIpc) is 2.81. The molecule has 6 nitrogen and oxygen atoms in total. The fourth-order valence-electron chi connectivity index (χ4n) is 3.18. The number of nitrogens with zero attached hydrogens (tertiary/aromatic N) is 1. The number of fused-ring (bicyclic) bond motifs is 1. The van der Waals surface area contributed by atoms with Gasteiger partial charge in [0.05, 0.1) is 17.5 Å². The lowest BCUT2D eigenvalue weighted by Gasteiger charge is -2.37. The normalized spacial score (nSPS) is 25.2. The van der Waals surface area contributed by atoms with Crippen LogP contribution < -0.4 is 16.0 Å². The summed E-state index contributed by atoms with van der Waals surface area (Å²) in [6.45, 7) is 1.45. The Morgan fingerprint density at radius 3 is 3.00 bits per heavy atom. The lowest BCUT2D eigenvalue weighted by molar-refractivity contribution is -0.123. The van der Waals surface area contributed by atoms with Crippen LogP contribution >= 0.6 is 0 Å². The predicted molar refractivity (Wildman–Crippen MR) is 74.7 cm³/mol. The average molecular weight is 275 g/mol. The first-order valence-corrected chi connectivity index (χ1v) is 6.75. The number of hydrogen-bond acceptors (Lipinski definition) is 4. The maximum atomic E-state index is 11.8. The van der Waals surface area contributed by atoms with Gasteiger partial charge in [0.2, 0.25) is 5.91 Å². The number of benzene rings is 1. The molecule has 20 heavy (non-hydrogen) atoms. The topological polar surface area (TPSA) is 95.7 Å². The number of aromatic carboxylic acids is 1. The zero-order chi connectivity index (χ0) is 14.3. The Bertz CT molecular complexity index is 573. The third-order valence-electron chi connectivity index (χ3n) is 4.20. The number of carbonyl (C=O) groups is 2. The molecule has 1 aromatic rings. The highest BCUT2D eigenvalue weighted by Crippen LogP contribution is 2.32. The molecule has 0 aliphatic carbocycles. The molecule has 2 fully saturated rings. The number of nitrogen functional groups attached to an aromatic ring is 1. The zero-order valence-corrected chi connectivity index (χ0v) is 11.0. The molecule has 2 aliphatic rings. The molecule has 1 amide bonds. The molecule has 0 saturated carbocycles. The Morgan fingerprint density at radius 2 is 2.25 bits per heavy atom. The molecular weight excluding hydrogens is 258 g/mol. The van der Waals surface area contributed by atoms with Crippen LogP contribution in [0.3, 0.4) is 0 Å². The number of carbonyl (C=O) groups excluding carboxylic acids is 1. The first-order chi connectivity index (χ1) is 9.58. The minimum Gasteiger partial charge on any atom is -0.478 e. The molecule has 2 heterocycles. The van der Waals surface area contributed by atoms with Gasteiger partial charge in [0.15, 0.2) is 0 Å². The van der Waals surface area contributed by atoms with Crippen molar-refractivity contribution in [2.24, 2.45) is 5.92 Å². The molecule has 0 aromatic heterocycles. The fraction of sp³-hybridized carbons (Fsp3) is 0.429. The third-order valence-corrected chi connectivity index (χ3v) is 4.20. The van der Waals surface area contributed by atoms with E-state index >= 15 is 0 Å². The highest BCUT2D eigenvalue weighted by molar-refractivity contribution is 5.95. The van der Waals surface area contributed by atoms with Gasteiger partial charge in [-0.3, -0.25) is 4.79 Å². The molecule has 2 saturated heterocycles. The van der Waals surface area contributed by atoms with Crippen molar-refractivity contribution in [2.45, 2.75) is 18.9 Å². The van der Waals surface area contributed by atoms with E-state index in [0.29, 0.717) is 6.54 Å². The Balaban J connectivity index is 1.94. The second-order valence-corrected chi connectivity index (χ2v) is 5.33. The first kappa shape index (κ1) is 12.8. The Morgan fingerprint density at radius 1 is 1.45 bits per heavy atom. The van der Waals surface area contributed by atoms with E-state index < -0.39 is 5.97 Å². The van der Waals surface area contributed by atoms with Gasteiger partial charge in [-0.2, -0.15) is 0 Å². The van der Waals surface area contributed by atoms with Crippen LogP contribution in [0.1, 0.15) is 23.2 Å².